The van der Waals surface area contributed by atoms with Crippen LogP contribution in [0, 0.1) is 16.7 Å². The van der Waals surface area contributed by atoms with Gasteiger partial charge in [0.1, 0.15) is 5.41 Å². The van der Waals surface area contributed by atoms with Crippen LogP contribution in [0.25, 0.3) is 0 Å². The lowest BCUT2D eigenvalue weighted by atomic mass is 9.84. The minimum Gasteiger partial charge on any atom is -0.382 e. The molecule has 1 unspecified atom stereocenters. The number of hydrogen-bond acceptors (Lipinski definition) is 5. The quantitative estimate of drug-likeness (QED) is 0.581. The summed E-state index contributed by atoms with van der Waals surface area (Å²) in [6.07, 6.45) is 2.54. The minimum absolute atomic E-state index is 0.0740. The Morgan fingerprint density at radius 2 is 1.89 bits per heavy atom. The van der Waals surface area contributed by atoms with Crippen LogP contribution in [0.2, 0.25) is 0 Å². The Bertz CT molecular complexity index is 300. The van der Waals surface area contributed by atoms with Gasteiger partial charge in [-0.25, -0.2) is 0 Å². The molecule has 1 atom stereocenters. The maximum Gasteiger partial charge on any atom is 0.153 e. The van der Waals surface area contributed by atoms with Crippen LogP contribution in [0.1, 0.15) is 25.7 Å². The van der Waals surface area contributed by atoms with E-state index in [2.05, 4.69) is 6.07 Å². The number of Topliss-reactive ketones (excluding diaryl/α,β-unsaturated/α-hetero) is 1. The van der Waals surface area contributed by atoms with Gasteiger partial charge in [0.15, 0.2) is 5.78 Å². The minimum atomic E-state index is -0.781. The topological polar surface area (TPSA) is 68.6 Å². The second kappa shape index (κ2) is 8.20. The molecule has 1 fully saturated rings. The monoisotopic (exact) mass is 255 g/mol. The number of nitrogens with zero attached hydrogens (tertiary/aromatic N) is 1. The normalized spacial score (nSPS) is 23.2. The lowest BCUT2D eigenvalue weighted by Crippen LogP contribution is -2.25. The first-order chi connectivity index (χ1) is 8.75. The fraction of sp³-hybridized carbons (Fsp3) is 0.846. The fourth-order valence-electron chi connectivity index (χ4n) is 2.08. The molecular formula is C13H21NO4. The van der Waals surface area contributed by atoms with Crippen molar-refractivity contribution in [3.63, 3.8) is 0 Å². The van der Waals surface area contributed by atoms with E-state index in [9.17, 15) is 4.79 Å². The first-order valence-electron chi connectivity index (χ1n) is 6.34. The average molecular weight is 255 g/mol. The van der Waals surface area contributed by atoms with Crippen LogP contribution in [0.5, 0.6) is 0 Å². The van der Waals surface area contributed by atoms with E-state index in [4.69, 9.17) is 19.5 Å². The van der Waals surface area contributed by atoms with Crippen LogP contribution < -0.4 is 0 Å². The van der Waals surface area contributed by atoms with E-state index in [1.165, 1.54) is 0 Å². The van der Waals surface area contributed by atoms with E-state index in [1.807, 2.05) is 0 Å². The zero-order valence-electron chi connectivity index (χ0n) is 10.9. The van der Waals surface area contributed by atoms with E-state index < -0.39 is 5.41 Å². The predicted octanol–water partition coefficient (Wildman–Crippen LogP) is 1.32. The number of methoxy groups -OCH3 is 1. The molecule has 1 saturated carbocycles. The zero-order valence-corrected chi connectivity index (χ0v) is 10.9. The van der Waals surface area contributed by atoms with Gasteiger partial charge in [-0.1, -0.05) is 0 Å². The van der Waals surface area contributed by atoms with Gasteiger partial charge in [-0.05, 0) is 19.3 Å². The smallest absolute Gasteiger partial charge is 0.153 e. The van der Waals surface area contributed by atoms with Gasteiger partial charge in [-0.15, -0.1) is 0 Å². The highest BCUT2D eigenvalue weighted by Crippen LogP contribution is 2.37. The van der Waals surface area contributed by atoms with Gasteiger partial charge in [0.2, 0.25) is 0 Å². The van der Waals surface area contributed by atoms with Crippen molar-refractivity contribution in [1.29, 1.82) is 5.26 Å². The highest BCUT2D eigenvalue weighted by Gasteiger charge is 2.41. The second-order valence-corrected chi connectivity index (χ2v) is 4.44. The molecule has 0 radical (unpaired) electrons. The molecule has 0 aromatic carbocycles. The highest BCUT2D eigenvalue weighted by molar-refractivity contribution is 5.89. The lowest BCUT2D eigenvalue weighted by Gasteiger charge is -2.18. The summed E-state index contributed by atoms with van der Waals surface area (Å²) < 4.78 is 15.5. The van der Waals surface area contributed by atoms with Gasteiger partial charge >= 0.3 is 0 Å². The van der Waals surface area contributed by atoms with Crippen LogP contribution in [0.15, 0.2) is 0 Å². The van der Waals surface area contributed by atoms with Crippen molar-refractivity contribution in [1.82, 2.24) is 0 Å². The number of nitriles is 1. The summed E-state index contributed by atoms with van der Waals surface area (Å²) in [6.45, 7) is 2.57. The van der Waals surface area contributed by atoms with Crippen LogP contribution in [-0.2, 0) is 19.0 Å². The lowest BCUT2D eigenvalue weighted by molar-refractivity contribution is -0.124. The molecule has 0 N–H and O–H groups in total. The molecule has 0 aliphatic heterocycles. The molecule has 0 spiro atoms. The van der Waals surface area contributed by atoms with Crippen molar-refractivity contribution in [2.45, 2.75) is 25.7 Å². The molecule has 5 nitrogen and oxygen atoms in total. The predicted molar refractivity (Wildman–Crippen MR) is 65.0 cm³/mol. The van der Waals surface area contributed by atoms with E-state index in [-0.39, 0.29) is 5.78 Å². The maximum atomic E-state index is 11.6. The number of hydrogen-bond donors (Lipinski definition) is 0. The van der Waals surface area contributed by atoms with Gasteiger partial charge in [-0.3, -0.25) is 4.79 Å². The molecule has 18 heavy (non-hydrogen) atoms. The SMILES string of the molecule is COCCOCCOCCC1(C#N)CCCC1=O. The average Bonchev–Trinajstić information content (AvgIpc) is 2.75. The number of ether oxygens (including phenoxy) is 3. The van der Waals surface area contributed by atoms with Crippen LogP contribution in [0.3, 0.4) is 0 Å². The summed E-state index contributed by atoms with van der Waals surface area (Å²) in [5, 5.41) is 9.12. The van der Waals surface area contributed by atoms with E-state index >= 15 is 0 Å². The van der Waals surface area contributed by atoms with Gasteiger partial charge in [0, 0.05) is 20.1 Å². The van der Waals surface area contributed by atoms with Crippen molar-refractivity contribution < 1.29 is 19.0 Å². The van der Waals surface area contributed by atoms with Gasteiger partial charge < -0.3 is 14.2 Å². The summed E-state index contributed by atoms with van der Waals surface area (Å²) in [7, 11) is 1.62. The van der Waals surface area contributed by atoms with E-state index in [1.54, 1.807) is 7.11 Å². The second-order valence-electron chi connectivity index (χ2n) is 4.44. The molecule has 1 aliphatic rings. The molecule has 102 valence electrons. The van der Waals surface area contributed by atoms with Crippen molar-refractivity contribution >= 4 is 5.78 Å². The van der Waals surface area contributed by atoms with Crippen LogP contribution in [-0.4, -0.2) is 45.9 Å². The molecule has 1 rings (SSSR count). The van der Waals surface area contributed by atoms with Crippen molar-refractivity contribution in [3.05, 3.63) is 0 Å². The molecule has 0 heterocycles. The van der Waals surface area contributed by atoms with Crippen LogP contribution >= 0.6 is 0 Å². The third-order valence-electron chi connectivity index (χ3n) is 3.23. The highest BCUT2D eigenvalue weighted by atomic mass is 16.5. The van der Waals surface area contributed by atoms with E-state index in [0.717, 1.165) is 6.42 Å². The fourth-order valence-corrected chi connectivity index (χ4v) is 2.08. The molecular weight excluding hydrogens is 234 g/mol. The first kappa shape index (κ1) is 15.1. The van der Waals surface area contributed by atoms with Crippen molar-refractivity contribution in [2.75, 3.05) is 40.1 Å². The Morgan fingerprint density at radius 3 is 2.44 bits per heavy atom. The summed E-state index contributed by atoms with van der Waals surface area (Å²) in [6, 6.07) is 2.17. The number of carbonyl (C=O) groups excluding carboxylic acids is 1. The Balaban J connectivity index is 2.07. The molecule has 0 bridgehead atoms. The molecule has 0 saturated heterocycles. The third kappa shape index (κ3) is 4.37. The number of ketones is 1. The third-order valence-corrected chi connectivity index (χ3v) is 3.23. The summed E-state index contributed by atoms with van der Waals surface area (Å²) in [4.78, 5) is 11.6. The summed E-state index contributed by atoms with van der Waals surface area (Å²) in [5.74, 6) is 0.0740. The molecule has 0 amide bonds. The molecule has 1 aliphatic carbocycles. The Labute approximate surface area is 108 Å². The largest absolute Gasteiger partial charge is 0.382 e. The standard InChI is InChI=1S/C13H21NO4/c1-16-7-8-18-10-9-17-6-5-13(11-14)4-2-3-12(13)15/h2-10H2,1H3. The van der Waals surface area contributed by atoms with Gasteiger partial charge in [0.05, 0.1) is 32.5 Å². The first-order valence-corrected chi connectivity index (χ1v) is 6.34. The van der Waals surface area contributed by atoms with Crippen molar-refractivity contribution in [2.24, 2.45) is 5.41 Å². The zero-order chi connectivity index (χ0) is 13.3. The molecule has 5 heteroatoms. The van der Waals surface area contributed by atoms with Crippen LogP contribution in [0.4, 0.5) is 0 Å². The van der Waals surface area contributed by atoms with Crippen molar-refractivity contribution in [3.8, 4) is 6.07 Å². The van der Waals surface area contributed by atoms with E-state index in [0.29, 0.717) is 52.3 Å². The Morgan fingerprint density at radius 1 is 1.22 bits per heavy atom. The number of rotatable bonds is 9. The van der Waals surface area contributed by atoms with Gasteiger partial charge in [-0.2, -0.15) is 5.26 Å². The summed E-state index contributed by atoms with van der Waals surface area (Å²) in [5.41, 5.74) is -0.781. The maximum absolute atomic E-state index is 11.6. The molecule has 0 aromatic heterocycles. The van der Waals surface area contributed by atoms with Gasteiger partial charge in [0.25, 0.3) is 0 Å². The Kier molecular flexibility index (Phi) is 6.88. The number of carbonyl (C=O) groups is 1. The Hall–Kier alpha value is -0.960. The summed E-state index contributed by atoms with van der Waals surface area (Å²) >= 11 is 0. The molecule has 0 aromatic rings.